The van der Waals surface area contributed by atoms with Crippen LogP contribution < -0.4 is 5.32 Å². The first-order chi connectivity index (χ1) is 7.45. The summed E-state index contributed by atoms with van der Waals surface area (Å²) in [6.45, 7) is 10.8. The summed E-state index contributed by atoms with van der Waals surface area (Å²) in [6.07, 6.45) is 0. The van der Waals surface area contributed by atoms with Crippen LogP contribution in [0.1, 0.15) is 34.7 Å². The van der Waals surface area contributed by atoms with Crippen LogP contribution in [-0.4, -0.2) is 19.8 Å². The smallest absolute Gasteiger partial charge is 0.0464 e. The van der Waals surface area contributed by atoms with Gasteiger partial charge in [-0.15, -0.1) is 0 Å². The van der Waals surface area contributed by atoms with Gasteiger partial charge in [-0.1, -0.05) is 0 Å². The van der Waals surface area contributed by atoms with E-state index >= 15 is 0 Å². The zero-order chi connectivity index (χ0) is 12.5. The lowest BCUT2D eigenvalue weighted by Crippen LogP contribution is -2.09. The lowest BCUT2D eigenvalue weighted by molar-refractivity contribution is 1.19. The van der Waals surface area contributed by atoms with Gasteiger partial charge in [-0.2, -0.15) is 0 Å². The van der Waals surface area contributed by atoms with Gasteiger partial charge in [0.2, 0.25) is 0 Å². The molecular weight excluding hydrogens is 196 g/mol. The highest BCUT2D eigenvalue weighted by atomic mass is 14.8. The van der Waals surface area contributed by atoms with E-state index in [1.165, 1.54) is 33.5 Å². The summed E-state index contributed by atoms with van der Waals surface area (Å²) in [5.74, 6) is 0. The van der Waals surface area contributed by atoms with Crippen molar-refractivity contribution >= 4 is 11.4 Å². The van der Waals surface area contributed by atoms with Gasteiger partial charge in [0.1, 0.15) is 0 Å². The van der Waals surface area contributed by atoms with E-state index in [1.807, 2.05) is 14.1 Å². The molecule has 0 saturated heterocycles. The SMILES string of the molecule is CN=C(C)c1c(C)c(C)c(C)c(C)c1NC. The molecule has 1 aromatic carbocycles. The molecule has 0 heterocycles. The second kappa shape index (κ2) is 4.69. The summed E-state index contributed by atoms with van der Waals surface area (Å²) >= 11 is 0. The molecule has 0 saturated carbocycles. The van der Waals surface area contributed by atoms with E-state index in [2.05, 4.69) is 44.9 Å². The molecule has 1 aromatic rings. The van der Waals surface area contributed by atoms with Crippen LogP contribution in [0.5, 0.6) is 0 Å². The van der Waals surface area contributed by atoms with Gasteiger partial charge in [0.25, 0.3) is 0 Å². The predicted octanol–water partition coefficient (Wildman–Crippen LogP) is 3.40. The molecule has 0 aromatic heterocycles. The molecule has 0 unspecified atom stereocenters. The summed E-state index contributed by atoms with van der Waals surface area (Å²) in [7, 11) is 3.82. The van der Waals surface area contributed by atoms with E-state index in [9.17, 15) is 0 Å². The Morgan fingerprint density at radius 2 is 1.44 bits per heavy atom. The summed E-state index contributed by atoms with van der Waals surface area (Å²) in [4.78, 5) is 4.32. The molecule has 0 aliphatic rings. The van der Waals surface area contributed by atoms with Crippen molar-refractivity contribution in [3.63, 3.8) is 0 Å². The third-order valence-electron chi connectivity index (χ3n) is 3.63. The van der Waals surface area contributed by atoms with Gasteiger partial charge in [-0.3, -0.25) is 4.99 Å². The largest absolute Gasteiger partial charge is 0.387 e. The second-order valence-corrected chi connectivity index (χ2v) is 4.31. The molecule has 0 bridgehead atoms. The zero-order valence-corrected chi connectivity index (χ0v) is 11.4. The highest BCUT2D eigenvalue weighted by Gasteiger charge is 2.15. The zero-order valence-electron chi connectivity index (χ0n) is 11.4. The minimum absolute atomic E-state index is 1.09. The van der Waals surface area contributed by atoms with Crippen molar-refractivity contribution in [1.82, 2.24) is 0 Å². The average molecular weight is 218 g/mol. The fourth-order valence-electron chi connectivity index (χ4n) is 2.19. The molecule has 16 heavy (non-hydrogen) atoms. The number of hydrogen-bond donors (Lipinski definition) is 1. The molecule has 0 aliphatic carbocycles. The third-order valence-corrected chi connectivity index (χ3v) is 3.63. The lowest BCUT2D eigenvalue weighted by atomic mass is 9.90. The molecule has 88 valence electrons. The highest BCUT2D eigenvalue weighted by Crippen LogP contribution is 2.31. The summed E-state index contributed by atoms with van der Waals surface area (Å²) < 4.78 is 0. The summed E-state index contributed by atoms with van der Waals surface area (Å²) in [5.41, 5.74) is 8.95. The molecular formula is C14H22N2. The van der Waals surface area contributed by atoms with Crippen LogP contribution in [0.2, 0.25) is 0 Å². The Balaban J connectivity index is 3.71. The van der Waals surface area contributed by atoms with E-state index in [0.717, 1.165) is 5.71 Å². The monoisotopic (exact) mass is 218 g/mol. The van der Waals surface area contributed by atoms with Gasteiger partial charge < -0.3 is 5.32 Å². The van der Waals surface area contributed by atoms with Crippen LogP contribution in [-0.2, 0) is 0 Å². The van der Waals surface area contributed by atoms with Crippen molar-refractivity contribution in [3.8, 4) is 0 Å². The van der Waals surface area contributed by atoms with E-state index in [-0.39, 0.29) is 0 Å². The number of nitrogens with zero attached hydrogens (tertiary/aromatic N) is 1. The van der Waals surface area contributed by atoms with Crippen LogP contribution in [0.25, 0.3) is 0 Å². The minimum atomic E-state index is 1.09. The molecule has 1 rings (SSSR count). The van der Waals surface area contributed by atoms with E-state index in [1.54, 1.807) is 0 Å². The maximum Gasteiger partial charge on any atom is 0.0464 e. The normalized spacial score (nSPS) is 11.8. The Kier molecular flexibility index (Phi) is 3.74. The van der Waals surface area contributed by atoms with Crippen molar-refractivity contribution in [2.45, 2.75) is 34.6 Å². The van der Waals surface area contributed by atoms with Gasteiger partial charge >= 0.3 is 0 Å². The Bertz CT molecular complexity index is 443. The van der Waals surface area contributed by atoms with Crippen molar-refractivity contribution < 1.29 is 0 Å². The van der Waals surface area contributed by atoms with Crippen molar-refractivity contribution in [3.05, 3.63) is 27.8 Å². The topological polar surface area (TPSA) is 24.4 Å². The van der Waals surface area contributed by atoms with Crippen molar-refractivity contribution in [2.75, 3.05) is 19.4 Å². The molecule has 0 radical (unpaired) electrons. The van der Waals surface area contributed by atoms with Gasteiger partial charge in [-0.05, 0) is 56.9 Å². The molecule has 0 amide bonds. The first kappa shape index (κ1) is 12.8. The fraction of sp³-hybridized carbons (Fsp3) is 0.500. The second-order valence-electron chi connectivity index (χ2n) is 4.31. The van der Waals surface area contributed by atoms with Crippen LogP contribution >= 0.6 is 0 Å². The van der Waals surface area contributed by atoms with Crippen LogP contribution in [0.15, 0.2) is 4.99 Å². The van der Waals surface area contributed by atoms with E-state index in [4.69, 9.17) is 0 Å². The Labute approximate surface area is 98.8 Å². The Morgan fingerprint density at radius 1 is 0.938 bits per heavy atom. The lowest BCUT2D eigenvalue weighted by Gasteiger charge is -2.20. The van der Waals surface area contributed by atoms with Gasteiger partial charge in [0, 0.05) is 31.1 Å². The van der Waals surface area contributed by atoms with Crippen molar-refractivity contribution in [2.24, 2.45) is 4.99 Å². The number of anilines is 1. The number of benzene rings is 1. The van der Waals surface area contributed by atoms with Crippen LogP contribution in [0.3, 0.4) is 0 Å². The standard InChI is InChI=1S/C14H22N2/c1-8-9(2)11(4)14(16-7)13(10(8)3)12(5)15-6/h16H,1-7H3. The van der Waals surface area contributed by atoms with Gasteiger partial charge in [0.05, 0.1) is 0 Å². The van der Waals surface area contributed by atoms with Crippen LogP contribution in [0.4, 0.5) is 5.69 Å². The average Bonchev–Trinajstić information content (AvgIpc) is 2.29. The predicted molar refractivity (Wildman–Crippen MR) is 73.1 cm³/mol. The fourth-order valence-corrected chi connectivity index (χ4v) is 2.19. The molecule has 0 atom stereocenters. The van der Waals surface area contributed by atoms with Gasteiger partial charge in [-0.25, -0.2) is 0 Å². The molecule has 1 N–H and O–H groups in total. The molecule has 2 nitrogen and oxygen atoms in total. The number of rotatable bonds is 2. The number of nitrogens with one attached hydrogen (secondary N) is 1. The molecule has 0 fully saturated rings. The summed E-state index contributed by atoms with van der Waals surface area (Å²) in [6, 6.07) is 0. The Hall–Kier alpha value is -1.31. The Morgan fingerprint density at radius 3 is 1.88 bits per heavy atom. The third kappa shape index (κ3) is 1.84. The first-order valence-electron chi connectivity index (χ1n) is 5.67. The number of hydrogen-bond acceptors (Lipinski definition) is 2. The summed E-state index contributed by atoms with van der Waals surface area (Å²) in [5, 5.41) is 3.31. The highest BCUT2D eigenvalue weighted by molar-refractivity contribution is 6.05. The molecule has 0 aliphatic heterocycles. The van der Waals surface area contributed by atoms with Crippen molar-refractivity contribution in [1.29, 1.82) is 0 Å². The first-order valence-corrected chi connectivity index (χ1v) is 5.67. The number of aliphatic imine (C=N–C) groups is 1. The quantitative estimate of drug-likeness (QED) is 0.756. The molecule has 0 spiro atoms. The van der Waals surface area contributed by atoms with E-state index in [0.29, 0.717) is 0 Å². The molecule has 2 heteroatoms. The van der Waals surface area contributed by atoms with Gasteiger partial charge in [0.15, 0.2) is 0 Å². The minimum Gasteiger partial charge on any atom is -0.387 e. The maximum atomic E-state index is 4.32. The maximum absolute atomic E-state index is 4.32. The van der Waals surface area contributed by atoms with Crippen LogP contribution in [0, 0.1) is 27.7 Å². The van der Waals surface area contributed by atoms with E-state index < -0.39 is 0 Å².